The highest BCUT2D eigenvalue weighted by molar-refractivity contribution is 7.89. The Morgan fingerprint density at radius 2 is 2.06 bits per heavy atom. The van der Waals surface area contributed by atoms with E-state index in [1.807, 2.05) is 7.05 Å². The van der Waals surface area contributed by atoms with Crippen LogP contribution in [0.25, 0.3) is 5.57 Å². The highest BCUT2D eigenvalue weighted by Crippen LogP contribution is 2.50. The van der Waals surface area contributed by atoms with Gasteiger partial charge in [-0.15, -0.1) is 0 Å². The van der Waals surface area contributed by atoms with Crippen LogP contribution in [0.5, 0.6) is 0 Å². The van der Waals surface area contributed by atoms with Gasteiger partial charge in [0.1, 0.15) is 0 Å². The van der Waals surface area contributed by atoms with Crippen LogP contribution in [0.3, 0.4) is 0 Å². The van der Waals surface area contributed by atoms with Gasteiger partial charge in [0.15, 0.2) is 5.03 Å². The van der Waals surface area contributed by atoms with Gasteiger partial charge in [0.05, 0.1) is 25.0 Å². The summed E-state index contributed by atoms with van der Waals surface area (Å²) in [5.41, 5.74) is 4.59. The molecule has 1 aliphatic carbocycles. The number of aromatic nitrogens is 2. The Kier molecular flexibility index (Phi) is 5.19. The van der Waals surface area contributed by atoms with Crippen molar-refractivity contribution in [2.24, 2.45) is 13.0 Å². The molecule has 1 N–H and O–H groups in total. The minimum absolute atomic E-state index is 0.00147. The summed E-state index contributed by atoms with van der Waals surface area (Å²) in [4.78, 5) is 6.27. The molecule has 0 bridgehead atoms. The smallest absolute Gasteiger partial charge is 0.262 e. The zero-order valence-electron chi connectivity index (χ0n) is 18.1. The van der Waals surface area contributed by atoms with Crippen LogP contribution in [0.15, 0.2) is 41.8 Å². The van der Waals surface area contributed by atoms with E-state index in [4.69, 9.17) is 0 Å². The average Bonchev–Trinajstić information content (AvgIpc) is 3.42. The average molecular weight is 443 g/mol. The van der Waals surface area contributed by atoms with Gasteiger partial charge in [-0.1, -0.05) is 12.1 Å². The van der Waals surface area contributed by atoms with Crippen LogP contribution in [0.2, 0.25) is 0 Å². The lowest BCUT2D eigenvalue weighted by atomic mass is 9.81. The van der Waals surface area contributed by atoms with Gasteiger partial charge in [-0.3, -0.25) is 0 Å². The van der Waals surface area contributed by atoms with Gasteiger partial charge in [-0.2, -0.15) is 4.31 Å². The lowest BCUT2D eigenvalue weighted by Crippen LogP contribution is -2.48. The Morgan fingerprint density at radius 1 is 1.23 bits per heavy atom. The molecule has 31 heavy (non-hydrogen) atoms. The molecule has 0 unspecified atom stereocenters. The second kappa shape index (κ2) is 7.76. The maximum atomic E-state index is 13.5. The molecule has 0 radical (unpaired) electrons. The summed E-state index contributed by atoms with van der Waals surface area (Å²) in [6.07, 6.45) is 10.7. The molecule has 1 aromatic carbocycles. The zero-order valence-corrected chi connectivity index (χ0v) is 18.9. The van der Waals surface area contributed by atoms with E-state index in [0.29, 0.717) is 6.54 Å². The van der Waals surface area contributed by atoms with Crippen LogP contribution in [-0.2, 0) is 17.1 Å². The van der Waals surface area contributed by atoms with Gasteiger partial charge in [0.25, 0.3) is 10.0 Å². The summed E-state index contributed by atoms with van der Waals surface area (Å²) in [5.74, 6) is 0.0385. The Bertz CT molecular complexity index is 1120. The monoisotopic (exact) mass is 442 g/mol. The number of imidazole rings is 1. The highest BCUT2D eigenvalue weighted by Gasteiger charge is 2.50. The summed E-state index contributed by atoms with van der Waals surface area (Å²) in [5, 5.41) is 10.3. The largest absolute Gasteiger partial charge is 0.394 e. The minimum atomic E-state index is -3.73. The van der Waals surface area contributed by atoms with Crippen molar-refractivity contribution in [2.75, 3.05) is 25.1 Å². The molecule has 3 atom stereocenters. The first-order valence-corrected chi connectivity index (χ1v) is 12.5. The molecule has 3 aliphatic rings. The number of hydrogen-bond donors (Lipinski definition) is 1. The van der Waals surface area contributed by atoms with Crippen molar-refractivity contribution in [3.05, 3.63) is 47.9 Å². The molecule has 1 saturated heterocycles. The maximum absolute atomic E-state index is 13.5. The first-order valence-electron chi connectivity index (χ1n) is 11.1. The van der Waals surface area contributed by atoms with Gasteiger partial charge in [0, 0.05) is 38.4 Å². The van der Waals surface area contributed by atoms with Crippen molar-refractivity contribution in [1.29, 1.82) is 0 Å². The fourth-order valence-electron chi connectivity index (χ4n) is 5.62. The number of sulfonamides is 1. The summed E-state index contributed by atoms with van der Waals surface area (Å²) in [7, 11) is 0.0476. The van der Waals surface area contributed by atoms with Gasteiger partial charge in [0.2, 0.25) is 0 Å². The molecule has 2 aliphatic heterocycles. The van der Waals surface area contributed by atoms with Crippen LogP contribution in [-0.4, -0.2) is 53.6 Å². The fraction of sp³-hybridized carbons (Fsp3) is 0.522. The topological polar surface area (TPSA) is 78.7 Å². The molecule has 1 fully saturated rings. The Balaban J connectivity index is 1.62. The molecule has 1 aromatic heterocycles. The van der Waals surface area contributed by atoms with E-state index in [1.165, 1.54) is 30.3 Å². The second-order valence-electron chi connectivity index (χ2n) is 9.00. The number of fused-ring (bicyclic) bond motifs is 3. The van der Waals surface area contributed by atoms with Crippen molar-refractivity contribution in [3.63, 3.8) is 0 Å². The first kappa shape index (κ1) is 20.7. The van der Waals surface area contributed by atoms with Crippen LogP contribution < -0.4 is 4.90 Å². The van der Waals surface area contributed by atoms with E-state index in [9.17, 15) is 13.5 Å². The first-order chi connectivity index (χ1) is 14.9. The quantitative estimate of drug-likeness (QED) is 0.788. The van der Waals surface area contributed by atoms with E-state index in [-0.39, 0.29) is 29.6 Å². The Labute approximate surface area is 184 Å². The number of nitrogens with zero attached hydrogens (tertiary/aromatic N) is 4. The van der Waals surface area contributed by atoms with Crippen LogP contribution in [0.1, 0.15) is 49.3 Å². The number of likely N-dealkylation sites (N-methyl/N-ethyl adjacent to an activating group) is 1. The molecular weight excluding hydrogens is 412 g/mol. The maximum Gasteiger partial charge on any atom is 0.262 e. The molecule has 7 nitrogen and oxygen atoms in total. The standard InChI is InChI=1S/C23H30N4O3S/c1-25-13-22(24-15-25)31(29,30)27-11-10-18-21(14-28)26(2)20-9-8-17(12-19(20)23(18)27)16-6-4-3-5-7-16/h6,8-9,12-13,15,18,21,23,28H,3-5,7,10-11,14H2,1-2H3/t18-,21-,23-/m1/s1. The fourth-order valence-corrected chi connectivity index (χ4v) is 7.26. The van der Waals surface area contributed by atoms with E-state index in [0.717, 1.165) is 30.5 Å². The number of aliphatic hydroxyl groups excluding tert-OH is 1. The van der Waals surface area contributed by atoms with Crippen LogP contribution in [0.4, 0.5) is 5.69 Å². The third-order valence-electron chi connectivity index (χ3n) is 7.22. The highest BCUT2D eigenvalue weighted by atomic mass is 32.2. The zero-order chi connectivity index (χ0) is 21.8. The summed E-state index contributed by atoms with van der Waals surface area (Å²) < 4.78 is 30.4. The number of benzene rings is 1. The van der Waals surface area contributed by atoms with Crippen molar-refractivity contribution >= 4 is 21.3 Å². The normalized spacial score (nSPS) is 26.5. The SMILES string of the molecule is CN1c2ccc(C3=CCCCC3)cc2[C@H]2[C@H](CCN2S(=O)(=O)c2cn(C)cn2)[C@H]1CO. The summed E-state index contributed by atoms with van der Waals surface area (Å²) in [6, 6.07) is 6.04. The second-order valence-corrected chi connectivity index (χ2v) is 10.8. The molecule has 0 amide bonds. The number of rotatable bonds is 4. The molecule has 0 saturated carbocycles. The van der Waals surface area contributed by atoms with Gasteiger partial charge >= 0.3 is 0 Å². The van der Waals surface area contributed by atoms with Gasteiger partial charge in [-0.25, -0.2) is 13.4 Å². The Hall–Kier alpha value is -2.16. The third-order valence-corrected chi connectivity index (χ3v) is 8.99. The molecule has 2 aromatic rings. The predicted molar refractivity (Wildman–Crippen MR) is 120 cm³/mol. The number of aryl methyl sites for hydroxylation is 1. The lowest BCUT2D eigenvalue weighted by molar-refractivity contribution is 0.193. The minimum Gasteiger partial charge on any atom is -0.394 e. The Morgan fingerprint density at radius 3 is 2.74 bits per heavy atom. The van der Waals surface area contributed by atoms with Gasteiger partial charge < -0.3 is 14.6 Å². The van der Waals surface area contributed by atoms with E-state index in [2.05, 4.69) is 34.2 Å². The summed E-state index contributed by atoms with van der Waals surface area (Å²) in [6.45, 7) is 0.437. The number of hydrogen-bond acceptors (Lipinski definition) is 5. The number of anilines is 1. The van der Waals surface area contributed by atoms with Crippen LogP contribution in [0, 0.1) is 5.92 Å². The molecule has 166 valence electrons. The van der Waals surface area contributed by atoms with E-state index in [1.54, 1.807) is 22.1 Å². The predicted octanol–water partition coefficient (Wildman–Crippen LogP) is 2.94. The summed E-state index contributed by atoms with van der Waals surface area (Å²) >= 11 is 0. The van der Waals surface area contributed by atoms with Crippen molar-refractivity contribution in [2.45, 2.75) is 49.2 Å². The van der Waals surface area contributed by atoms with Crippen LogP contribution >= 0.6 is 0 Å². The number of allylic oxidation sites excluding steroid dienone is 2. The molecule has 8 heteroatoms. The molecule has 5 rings (SSSR count). The molecular formula is C23H30N4O3S. The van der Waals surface area contributed by atoms with E-state index >= 15 is 0 Å². The number of aliphatic hydroxyl groups is 1. The van der Waals surface area contributed by atoms with Gasteiger partial charge in [-0.05, 0) is 60.9 Å². The van der Waals surface area contributed by atoms with Crippen molar-refractivity contribution < 1.29 is 13.5 Å². The third kappa shape index (κ3) is 3.32. The van der Waals surface area contributed by atoms with Crippen molar-refractivity contribution in [1.82, 2.24) is 13.9 Å². The lowest BCUT2D eigenvalue weighted by Gasteiger charge is -2.44. The molecule has 0 spiro atoms. The van der Waals surface area contributed by atoms with Crippen molar-refractivity contribution in [3.8, 4) is 0 Å². The van der Waals surface area contributed by atoms with E-state index < -0.39 is 10.0 Å². The molecule has 3 heterocycles.